The highest BCUT2D eigenvalue weighted by atomic mass is 19.1. The van der Waals surface area contributed by atoms with E-state index in [1.54, 1.807) is 18.2 Å². The summed E-state index contributed by atoms with van der Waals surface area (Å²) in [6.45, 7) is 0. The van der Waals surface area contributed by atoms with E-state index in [4.69, 9.17) is 0 Å². The first-order chi connectivity index (χ1) is 10.0. The van der Waals surface area contributed by atoms with Crippen molar-refractivity contribution in [3.8, 4) is 0 Å². The van der Waals surface area contributed by atoms with Gasteiger partial charge in [0, 0.05) is 23.9 Å². The first-order valence-electron chi connectivity index (χ1n) is 6.04. The Balaban J connectivity index is 1.98. The molecule has 0 saturated heterocycles. The third-order valence-electron chi connectivity index (χ3n) is 2.64. The van der Waals surface area contributed by atoms with Crippen molar-refractivity contribution in [3.05, 3.63) is 76.1 Å². The van der Waals surface area contributed by atoms with E-state index in [0.29, 0.717) is 11.3 Å². The number of non-ortho nitro benzene ring substituents is 1. The zero-order valence-corrected chi connectivity index (χ0v) is 10.8. The van der Waals surface area contributed by atoms with Crippen molar-refractivity contribution in [1.29, 1.82) is 0 Å². The van der Waals surface area contributed by atoms with Crippen LogP contribution in [0.15, 0.2) is 54.6 Å². The third kappa shape index (κ3) is 4.24. The predicted octanol–water partition coefficient (Wildman–Crippen LogP) is 3.39. The van der Waals surface area contributed by atoms with Crippen molar-refractivity contribution in [2.24, 2.45) is 0 Å². The van der Waals surface area contributed by atoms with Gasteiger partial charge in [-0.2, -0.15) is 0 Å². The molecule has 2 aromatic carbocycles. The molecule has 1 amide bonds. The van der Waals surface area contributed by atoms with Gasteiger partial charge in [0.15, 0.2) is 0 Å². The number of amides is 1. The van der Waals surface area contributed by atoms with Crippen LogP contribution in [0.25, 0.3) is 6.08 Å². The van der Waals surface area contributed by atoms with Crippen molar-refractivity contribution < 1.29 is 14.1 Å². The second kappa shape index (κ2) is 6.42. The van der Waals surface area contributed by atoms with E-state index in [0.717, 1.165) is 0 Å². The Morgan fingerprint density at radius 1 is 1.10 bits per heavy atom. The van der Waals surface area contributed by atoms with Gasteiger partial charge in [-0.05, 0) is 35.9 Å². The van der Waals surface area contributed by atoms with Crippen LogP contribution in [-0.2, 0) is 4.79 Å². The molecule has 0 aromatic heterocycles. The fourth-order valence-corrected chi connectivity index (χ4v) is 1.60. The maximum absolute atomic E-state index is 12.7. The molecule has 0 aliphatic heterocycles. The normalized spacial score (nSPS) is 10.5. The molecule has 0 spiro atoms. The van der Waals surface area contributed by atoms with Crippen LogP contribution < -0.4 is 5.32 Å². The van der Waals surface area contributed by atoms with Crippen molar-refractivity contribution in [1.82, 2.24) is 0 Å². The Hall–Kier alpha value is -3.02. The van der Waals surface area contributed by atoms with E-state index in [1.165, 1.54) is 42.5 Å². The molecule has 5 nitrogen and oxygen atoms in total. The number of nitro groups is 1. The first kappa shape index (κ1) is 14.4. The van der Waals surface area contributed by atoms with Gasteiger partial charge in [0.1, 0.15) is 5.82 Å². The maximum Gasteiger partial charge on any atom is 0.269 e. The number of hydrogen-bond acceptors (Lipinski definition) is 3. The van der Waals surface area contributed by atoms with E-state index in [2.05, 4.69) is 5.32 Å². The lowest BCUT2D eigenvalue weighted by Crippen LogP contribution is -2.07. The summed E-state index contributed by atoms with van der Waals surface area (Å²) in [7, 11) is 0. The average Bonchev–Trinajstić information content (AvgIpc) is 2.47. The van der Waals surface area contributed by atoms with Crippen LogP contribution in [0.1, 0.15) is 5.56 Å². The van der Waals surface area contributed by atoms with Gasteiger partial charge in [-0.15, -0.1) is 0 Å². The zero-order chi connectivity index (χ0) is 15.2. The molecule has 1 N–H and O–H groups in total. The van der Waals surface area contributed by atoms with Gasteiger partial charge in [0.05, 0.1) is 4.92 Å². The number of rotatable bonds is 4. The van der Waals surface area contributed by atoms with Crippen LogP contribution in [0.2, 0.25) is 0 Å². The molecule has 21 heavy (non-hydrogen) atoms. The lowest BCUT2D eigenvalue weighted by Gasteiger charge is -2.01. The Morgan fingerprint density at radius 3 is 2.29 bits per heavy atom. The van der Waals surface area contributed by atoms with E-state index in [-0.39, 0.29) is 17.4 Å². The molecule has 0 unspecified atom stereocenters. The number of carbonyl (C=O) groups is 1. The molecule has 0 bridgehead atoms. The molecule has 0 heterocycles. The summed E-state index contributed by atoms with van der Waals surface area (Å²) in [4.78, 5) is 21.6. The number of anilines is 1. The van der Waals surface area contributed by atoms with Crippen LogP contribution in [0.5, 0.6) is 0 Å². The standard InChI is InChI=1S/C15H11FN2O3/c16-12-4-1-11(2-5-12)3-10-15(19)17-13-6-8-14(9-7-13)18(20)21/h1-10H,(H,17,19). The number of nitrogens with zero attached hydrogens (tertiary/aromatic N) is 1. The van der Waals surface area contributed by atoms with Gasteiger partial charge in [-0.3, -0.25) is 14.9 Å². The fourth-order valence-electron chi connectivity index (χ4n) is 1.60. The van der Waals surface area contributed by atoms with E-state index in [1.807, 2.05) is 0 Å². The Morgan fingerprint density at radius 2 is 1.71 bits per heavy atom. The lowest BCUT2D eigenvalue weighted by molar-refractivity contribution is -0.384. The number of halogens is 1. The first-order valence-corrected chi connectivity index (χ1v) is 6.04. The minimum atomic E-state index is -0.514. The summed E-state index contributed by atoms with van der Waals surface area (Å²) >= 11 is 0. The molecular weight excluding hydrogens is 275 g/mol. The third-order valence-corrected chi connectivity index (χ3v) is 2.64. The maximum atomic E-state index is 12.7. The summed E-state index contributed by atoms with van der Waals surface area (Å²) in [5.41, 5.74) is 1.10. The highest BCUT2D eigenvalue weighted by Crippen LogP contribution is 2.15. The van der Waals surface area contributed by atoms with Crippen LogP contribution in [0.3, 0.4) is 0 Å². The molecule has 6 heteroatoms. The summed E-state index contributed by atoms with van der Waals surface area (Å²) < 4.78 is 12.7. The van der Waals surface area contributed by atoms with E-state index >= 15 is 0 Å². The molecule has 0 aliphatic rings. The van der Waals surface area contributed by atoms with Gasteiger partial charge in [0.2, 0.25) is 5.91 Å². The van der Waals surface area contributed by atoms with E-state index in [9.17, 15) is 19.3 Å². The summed E-state index contributed by atoms with van der Waals surface area (Å²) in [5, 5.41) is 13.1. The second-order valence-corrected chi connectivity index (χ2v) is 4.18. The highest BCUT2D eigenvalue weighted by Gasteiger charge is 2.04. The molecule has 0 aliphatic carbocycles. The van der Waals surface area contributed by atoms with Gasteiger partial charge in [-0.1, -0.05) is 12.1 Å². The number of benzene rings is 2. The molecule has 106 valence electrons. The van der Waals surface area contributed by atoms with Crippen molar-refractivity contribution in [3.63, 3.8) is 0 Å². The molecule has 2 rings (SSSR count). The molecular formula is C15H11FN2O3. The Labute approximate surface area is 119 Å². The lowest BCUT2D eigenvalue weighted by atomic mass is 10.2. The second-order valence-electron chi connectivity index (χ2n) is 4.18. The van der Waals surface area contributed by atoms with Crippen LogP contribution in [-0.4, -0.2) is 10.8 Å². The minimum absolute atomic E-state index is 0.0464. The predicted molar refractivity (Wildman–Crippen MR) is 77.2 cm³/mol. The van der Waals surface area contributed by atoms with Crippen molar-refractivity contribution in [2.75, 3.05) is 5.32 Å². The molecule has 0 atom stereocenters. The summed E-state index contributed by atoms with van der Waals surface area (Å²) in [5.74, 6) is -0.726. The number of carbonyl (C=O) groups excluding carboxylic acids is 1. The van der Waals surface area contributed by atoms with Gasteiger partial charge in [0.25, 0.3) is 5.69 Å². The Kier molecular flexibility index (Phi) is 4.40. The van der Waals surface area contributed by atoms with Crippen LogP contribution in [0, 0.1) is 15.9 Å². The van der Waals surface area contributed by atoms with Gasteiger partial charge in [-0.25, -0.2) is 4.39 Å². The van der Waals surface area contributed by atoms with Gasteiger partial charge < -0.3 is 5.32 Å². The number of nitro benzene ring substituents is 1. The molecule has 2 aromatic rings. The molecule has 0 fully saturated rings. The summed E-state index contributed by atoms with van der Waals surface area (Å²) in [6.07, 6.45) is 2.84. The van der Waals surface area contributed by atoms with E-state index < -0.39 is 4.92 Å². The van der Waals surface area contributed by atoms with Crippen molar-refractivity contribution >= 4 is 23.4 Å². The smallest absolute Gasteiger partial charge is 0.269 e. The van der Waals surface area contributed by atoms with Crippen LogP contribution in [0.4, 0.5) is 15.8 Å². The van der Waals surface area contributed by atoms with Crippen LogP contribution >= 0.6 is 0 Å². The highest BCUT2D eigenvalue weighted by molar-refractivity contribution is 6.01. The monoisotopic (exact) mass is 286 g/mol. The number of nitrogens with one attached hydrogen (secondary N) is 1. The topological polar surface area (TPSA) is 72.2 Å². The zero-order valence-electron chi connectivity index (χ0n) is 10.8. The van der Waals surface area contributed by atoms with Gasteiger partial charge >= 0.3 is 0 Å². The quantitative estimate of drug-likeness (QED) is 0.532. The minimum Gasteiger partial charge on any atom is -0.323 e. The largest absolute Gasteiger partial charge is 0.323 e. The molecule has 0 saturated carbocycles. The average molecular weight is 286 g/mol. The molecule has 0 radical (unpaired) electrons. The fraction of sp³-hybridized carbons (Fsp3) is 0. The Bertz CT molecular complexity index is 679. The van der Waals surface area contributed by atoms with Crippen molar-refractivity contribution in [2.45, 2.75) is 0 Å². The number of hydrogen-bond donors (Lipinski definition) is 1. The SMILES string of the molecule is O=C(C=Cc1ccc(F)cc1)Nc1ccc([N+](=O)[O-])cc1. The summed E-state index contributed by atoms with van der Waals surface area (Å²) in [6, 6.07) is 11.2.